The van der Waals surface area contributed by atoms with Gasteiger partial charge in [-0.2, -0.15) is 0 Å². The largest absolute Gasteiger partial charge is 0.491 e. The van der Waals surface area contributed by atoms with Crippen LogP contribution in [0, 0.1) is 5.92 Å². The monoisotopic (exact) mass is 355 g/mol. The van der Waals surface area contributed by atoms with E-state index in [1.165, 1.54) is 0 Å². The topological polar surface area (TPSA) is 111 Å². The van der Waals surface area contributed by atoms with E-state index >= 15 is 0 Å². The zero-order chi connectivity index (χ0) is 17.7. The molecule has 0 radical (unpaired) electrons. The van der Waals surface area contributed by atoms with Crippen molar-refractivity contribution < 1.29 is 17.9 Å². The van der Waals surface area contributed by atoms with Crippen LogP contribution in [0.4, 0.5) is 5.69 Å². The molecule has 8 heteroatoms. The van der Waals surface area contributed by atoms with Crippen LogP contribution < -0.4 is 20.5 Å². The molecule has 1 unspecified atom stereocenters. The molecule has 1 atom stereocenters. The molecule has 4 N–H and O–H groups in total. The minimum Gasteiger partial charge on any atom is -0.491 e. The predicted octanol–water partition coefficient (Wildman–Crippen LogP) is 1.07. The number of hydrogen-bond acceptors (Lipinski definition) is 5. The van der Waals surface area contributed by atoms with Crippen LogP contribution in [0.15, 0.2) is 24.3 Å². The molecule has 1 aliphatic carbocycles. The highest BCUT2D eigenvalue weighted by Gasteiger charge is 2.32. The number of hydrogen-bond donors (Lipinski definition) is 3. The van der Waals surface area contributed by atoms with Gasteiger partial charge in [0.15, 0.2) is 0 Å². The Bertz CT molecular complexity index is 654. The van der Waals surface area contributed by atoms with Gasteiger partial charge in [-0.1, -0.05) is 0 Å². The summed E-state index contributed by atoms with van der Waals surface area (Å²) in [5.41, 5.74) is 5.99. The Hall–Kier alpha value is -1.80. The molecule has 24 heavy (non-hydrogen) atoms. The number of sulfonamides is 1. The molecule has 7 nitrogen and oxygen atoms in total. The van der Waals surface area contributed by atoms with E-state index in [0.29, 0.717) is 23.9 Å². The number of anilines is 1. The Morgan fingerprint density at radius 2 is 1.92 bits per heavy atom. The van der Waals surface area contributed by atoms with Crippen molar-refractivity contribution in [3.8, 4) is 5.75 Å². The SMILES string of the molecule is CC(C)Oc1ccc(NS(=O)(=O)CC(=O)NC(CN)C2CC2)cc1. The Morgan fingerprint density at radius 1 is 1.29 bits per heavy atom. The molecule has 1 aromatic carbocycles. The molecule has 0 spiro atoms. The van der Waals surface area contributed by atoms with Gasteiger partial charge in [0.1, 0.15) is 11.5 Å². The highest BCUT2D eigenvalue weighted by molar-refractivity contribution is 7.93. The second-order valence-corrected chi connectivity index (χ2v) is 8.02. The van der Waals surface area contributed by atoms with Gasteiger partial charge >= 0.3 is 0 Å². The molecule has 134 valence electrons. The summed E-state index contributed by atoms with van der Waals surface area (Å²) < 4.78 is 32.1. The van der Waals surface area contributed by atoms with Crippen molar-refractivity contribution in [3.63, 3.8) is 0 Å². The first-order chi connectivity index (χ1) is 11.3. The second kappa shape index (κ2) is 7.85. The van der Waals surface area contributed by atoms with E-state index in [1.54, 1.807) is 24.3 Å². The van der Waals surface area contributed by atoms with E-state index in [4.69, 9.17) is 10.5 Å². The van der Waals surface area contributed by atoms with Crippen LogP contribution in [0.2, 0.25) is 0 Å². The third kappa shape index (κ3) is 6.01. The van der Waals surface area contributed by atoms with Gasteiger partial charge in [-0.25, -0.2) is 8.42 Å². The number of benzene rings is 1. The minimum absolute atomic E-state index is 0.0400. The van der Waals surface area contributed by atoms with Crippen LogP contribution in [0.3, 0.4) is 0 Å². The van der Waals surface area contributed by atoms with Gasteiger partial charge in [0.25, 0.3) is 0 Å². The third-order valence-electron chi connectivity index (χ3n) is 3.61. The summed E-state index contributed by atoms with van der Waals surface area (Å²) >= 11 is 0. The summed E-state index contributed by atoms with van der Waals surface area (Å²) in [6.45, 7) is 4.14. The van der Waals surface area contributed by atoms with Gasteiger partial charge in [0.05, 0.1) is 6.10 Å². The predicted molar refractivity (Wildman–Crippen MR) is 93.3 cm³/mol. The molecule has 1 aliphatic rings. The summed E-state index contributed by atoms with van der Waals surface area (Å²) in [5, 5.41) is 2.70. The molecule has 1 saturated carbocycles. The number of nitrogens with one attached hydrogen (secondary N) is 2. The fourth-order valence-corrected chi connectivity index (χ4v) is 3.37. The van der Waals surface area contributed by atoms with Gasteiger partial charge in [0.2, 0.25) is 15.9 Å². The molecular weight excluding hydrogens is 330 g/mol. The summed E-state index contributed by atoms with van der Waals surface area (Å²) in [6.07, 6.45) is 2.09. The van der Waals surface area contributed by atoms with Gasteiger partial charge < -0.3 is 15.8 Å². The quantitative estimate of drug-likeness (QED) is 0.614. The van der Waals surface area contributed by atoms with Crippen LogP contribution in [0.5, 0.6) is 5.75 Å². The van der Waals surface area contributed by atoms with Crippen molar-refractivity contribution >= 4 is 21.6 Å². The molecule has 1 amide bonds. The maximum Gasteiger partial charge on any atom is 0.241 e. The lowest BCUT2D eigenvalue weighted by Crippen LogP contribution is -2.44. The molecule has 2 rings (SSSR count). The Balaban J connectivity index is 1.89. The van der Waals surface area contributed by atoms with Crippen LogP contribution in [-0.4, -0.2) is 38.8 Å². The summed E-state index contributed by atoms with van der Waals surface area (Å²) in [4.78, 5) is 11.9. The number of nitrogens with two attached hydrogens (primary N) is 1. The van der Waals surface area contributed by atoms with Crippen LogP contribution in [0.1, 0.15) is 26.7 Å². The first-order valence-electron chi connectivity index (χ1n) is 8.05. The van der Waals surface area contributed by atoms with Crippen molar-refractivity contribution in [2.75, 3.05) is 17.0 Å². The Labute approximate surface area is 143 Å². The minimum atomic E-state index is -3.77. The first-order valence-corrected chi connectivity index (χ1v) is 9.71. The Morgan fingerprint density at radius 3 is 2.42 bits per heavy atom. The summed E-state index contributed by atoms with van der Waals surface area (Å²) in [6, 6.07) is 6.41. The van der Waals surface area contributed by atoms with E-state index in [-0.39, 0.29) is 12.1 Å². The second-order valence-electron chi connectivity index (χ2n) is 6.30. The van der Waals surface area contributed by atoms with Gasteiger partial charge in [-0.15, -0.1) is 0 Å². The highest BCUT2D eigenvalue weighted by Crippen LogP contribution is 2.32. The van der Waals surface area contributed by atoms with Crippen molar-refractivity contribution in [3.05, 3.63) is 24.3 Å². The molecular formula is C16H25N3O4S. The van der Waals surface area contributed by atoms with Crippen molar-refractivity contribution in [1.82, 2.24) is 5.32 Å². The van der Waals surface area contributed by atoms with E-state index in [0.717, 1.165) is 12.8 Å². The lowest BCUT2D eigenvalue weighted by Gasteiger charge is -2.16. The van der Waals surface area contributed by atoms with Crippen molar-refractivity contribution in [1.29, 1.82) is 0 Å². The molecule has 1 aromatic rings. The van der Waals surface area contributed by atoms with E-state index < -0.39 is 21.7 Å². The number of amides is 1. The average molecular weight is 355 g/mol. The molecule has 0 bridgehead atoms. The molecule has 0 saturated heterocycles. The highest BCUT2D eigenvalue weighted by atomic mass is 32.2. The van der Waals surface area contributed by atoms with Gasteiger partial charge in [-0.3, -0.25) is 9.52 Å². The molecule has 0 aliphatic heterocycles. The van der Waals surface area contributed by atoms with Crippen molar-refractivity contribution in [2.24, 2.45) is 11.7 Å². The van der Waals surface area contributed by atoms with Crippen molar-refractivity contribution in [2.45, 2.75) is 38.8 Å². The van der Waals surface area contributed by atoms with E-state index in [1.807, 2.05) is 13.8 Å². The van der Waals surface area contributed by atoms with Gasteiger partial charge in [-0.05, 0) is 56.9 Å². The van der Waals surface area contributed by atoms with Crippen LogP contribution >= 0.6 is 0 Å². The summed E-state index contributed by atoms with van der Waals surface area (Å²) in [7, 11) is -3.77. The smallest absolute Gasteiger partial charge is 0.241 e. The number of rotatable bonds is 9. The van der Waals surface area contributed by atoms with Gasteiger partial charge in [0, 0.05) is 18.3 Å². The summed E-state index contributed by atoms with van der Waals surface area (Å²) in [5.74, 6) is -0.130. The van der Waals surface area contributed by atoms with E-state index in [2.05, 4.69) is 10.0 Å². The Kier molecular flexibility index (Phi) is 6.06. The standard InChI is InChI=1S/C16H25N3O4S/c1-11(2)23-14-7-5-13(6-8-14)19-24(21,22)10-16(20)18-15(9-17)12-3-4-12/h5-8,11-12,15,19H,3-4,9-10,17H2,1-2H3,(H,18,20). The van der Waals surface area contributed by atoms with Crippen LogP contribution in [-0.2, 0) is 14.8 Å². The maximum atomic E-state index is 12.1. The molecule has 0 aromatic heterocycles. The first kappa shape index (κ1) is 18.5. The number of carbonyl (C=O) groups is 1. The third-order valence-corrected chi connectivity index (χ3v) is 4.80. The van der Waals surface area contributed by atoms with E-state index in [9.17, 15) is 13.2 Å². The maximum absolute atomic E-state index is 12.1. The number of ether oxygens (including phenoxy) is 1. The molecule has 1 fully saturated rings. The normalized spacial score (nSPS) is 15.8. The molecule has 0 heterocycles. The van der Waals surface area contributed by atoms with Crippen LogP contribution in [0.25, 0.3) is 0 Å². The number of carbonyl (C=O) groups excluding carboxylic acids is 1. The average Bonchev–Trinajstić information content (AvgIpc) is 3.30. The fourth-order valence-electron chi connectivity index (χ4n) is 2.38. The zero-order valence-corrected chi connectivity index (χ0v) is 14.8. The zero-order valence-electron chi connectivity index (χ0n) is 14.0. The lowest BCUT2D eigenvalue weighted by atomic mass is 10.2. The fraction of sp³-hybridized carbons (Fsp3) is 0.562. The lowest BCUT2D eigenvalue weighted by molar-refractivity contribution is -0.119.